The number of urea groups is 1. The third-order valence-electron chi connectivity index (χ3n) is 3.92. The number of benzene rings is 1. The van der Waals surface area contributed by atoms with Crippen LogP contribution in [0.3, 0.4) is 0 Å². The summed E-state index contributed by atoms with van der Waals surface area (Å²) in [5, 5.41) is 5.42. The SMILES string of the molecule is COc1cc(C2NC(=O)NC(C)=C2C(=O)OCC(C)C)ccc1OC(C)C. The lowest BCUT2D eigenvalue weighted by Crippen LogP contribution is -2.45. The summed E-state index contributed by atoms with van der Waals surface area (Å²) in [5.41, 5.74) is 1.54. The highest BCUT2D eigenvalue weighted by Gasteiger charge is 2.32. The second-order valence-corrected chi connectivity index (χ2v) is 7.14. The van der Waals surface area contributed by atoms with Gasteiger partial charge in [0.05, 0.1) is 31.4 Å². The quantitative estimate of drug-likeness (QED) is 0.713. The first kappa shape index (κ1) is 20.6. The zero-order chi connectivity index (χ0) is 20.1. The van der Waals surface area contributed by atoms with Crippen molar-refractivity contribution in [1.29, 1.82) is 0 Å². The number of carbonyl (C=O) groups is 2. The van der Waals surface area contributed by atoms with Crippen molar-refractivity contribution >= 4 is 12.0 Å². The molecule has 2 amide bonds. The fourth-order valence-corrected chi connectivity index (χ4v) is 2.75. The van der Waals surface area contributed by atoms with Crippen molar-refractivity contribution in [3.8, 4) is 11.5 Å². The monoisotopic (exact) mass is 376 g/mol. The fraction of sp³-hybridized carbons (Fsp3) is 0.500. The smallest absolute Gasteiger partial charge is 0.338 e. The van der Waals surface area contributed by atoms with Gasteiger partial charge in [0, 0.05) is 5.70 Å². The third-order valence-corrected chi connectivity index (χ3v) is 3.92. The van der Waals surface area contributed by atoms with Crippen LogP contribution in [-0.2, 0) is 9.53 Å². The van der Waals surface area contributed by atoms with E-state index in [0.29, 0.717) is 34.9 Å². The van der Waals surface area contributed by atoms with Crippen LogP contribution in [0.5, 0.6) is 11.5 Å². The minimum absolute atomic E-state index is 0.00736. The van der Waals surface area contributed by atoms with Gasteiger partial charge in [0.1, 0.15) is 0 Å². The molecule has 1 unspecified atom stereocenters. The van der Waals surface area contributed by atoms with Crippen LogP contribution in [0, 0.1) is 5.92 Å². The van der Waals surface area contributed by atoms with Gasteiger partial charge in [-0.1, -0.05) is 19.9 Å². The molecule has 0 aliphatic carbocycles. The number of methoxy groups -OCH3 is 1. The molecular formula is C20H28N2O5. The summed E-state index contributed by atoms with van der Waals surface area (Å²) < 4.78 is 16.5. The van der Waals surface area contributed by atoms with Gasteiger partial charge in [0.25, 0.3) is 0 Å². The second-order valence-electron chi connectivity index (χ2n) is 7.14. The predicted octanol–water partition coefficient (Wildman–Crippen LogP) is 3.31. The molecule has 0 aromatic heterocycles. The summed E-state index contributed by atoms with van der Waals surface area (Å²) in [6, 6.07) is 4.32. The molecule has 1 aliphatic heterocycles. The number of carbonyl (C=O) groups excluding carboxylic acids is 2. The molecule has 0 saturated carbocycles. The topological polar surface area (TPSA) is 85.9 Å². The van der Waals surface area contributed by atoms with Gasteiger partial charge in [-0.3, -0.25) is 0 Å². The van der Waals surface area contributed by atoms with E-state index in [-0.39, 0.29) is 18.1 Å². The van der Waals surface area contributed by atoms with E-state index in [1.54, 1.807) is 32.2 Å². The van der Waals surface area contributed by atoms with Crippen LogP contribution in [-0.4, -0.2) is 31.8 Å². The maximum absolute atomic E-state index is 12.6. The standard InChI is InChI=1S/C20H28N2O5/c1-11(2)10-26-19(23)17-13(5)21-20(24)22-18(17)14-7-8-15(27-12(3)4)16(9-14)25-6/h7-9,11-12,18H,10H2,1-6H3,(H2,21,22,24). The maximum Gasteiger partial charge on any atom is 0.338 e. The van der Waals surface area contributed by atoms with Crippen LogP contribution in [0.15, 0.2) is 29.5 Å². The van der Waals surface area contributed by atoms with E-state index in [4.69, 9.17) is 14.2 Å². The number of hydrogen-bond donors (Lipinski definition) is 2. The first-order valence-corrected chi connectivity index (χ1v) is 9.02. The minimum Gasteiger partial charge on any atom is -0.493 e. The average Bonchev–Trinajstić information content (AvgIpc) is 2.58. The van der Waals surface area contributed by atoms with Crippen molar-refractivity contribution in [2.75, 3.05) is 13.7 Å². The van der Waals surface area contributed by atoms with Crippen LogP contribution in [0.4, 0.5) is 4.79 Å². The van der Waals surface area contributed by atoms with E-state index in [2.05, 4.69) is 10.6 Å². The van der Waals surface area contributed by atoms with Crippen LogP contribution >= 0.6 is 0 Å². The Bertz CT molecular complexity index is 740. The van der Waals surface area contributed by atoms with E-state index in [9.17, 15) is 9.59 Å². The van der Waals surface area contributed by atoms with E-state index in [1.807, 2.05) is 27.7 Å². The van der Waals surface area contributed by atoms with Crippen LogP contribution in [0.1, 0.15) is 46.2 Å². The zero-order valence-electron chi connectivity index (χ0n) is 16.7. The molecule has 0 spiro atoms. The van der Waals surface area contributed by atoms with Crippen LogP contribution < -0.4 is 20.1 Å². The normalized spacial score (nSPS) is 16.9. The van der Waals surface area contributed by atoms with Crippen molar-refractivity contribution in [3.63, 3.8) is 0 Å². The highest BCUT2D eigenvalue weighted by atomic mass is 16.5. The van der Waals surface area contributed by atoms with Gasteiger partial charge in [-0.2, -0.15) is 0 Å². The highest BCUT2D eigenvalue weighted by molar-refractivity contribution is 5.95. The van der Waals surface area contributed by atoms with Gasteiger partial charge in [-0.15, -0.1) is 0 Å². The Balaban J connectivity index is 2.39. The largest absolute Gasteiger partial charge is 0.493 e. The number of nitrogens with one attached hydrogen (secondary N) is 2. The molecule has 7 nitrogen and oxygen atoms in total. The lowest BCUT2D eigenvalue weighted by Gasteiger charge is -2.28. The summed E-state index contributed by atoms with van der Waals surface area (Å²) in [4.78, 5) is 24.6. The summed E-state index contributed by atoms with van der Waals surface area (Å²) in [7, 11) is 1.55. The van der Waals surface area contributed by atoms with Crippen molar-refractivity contribution in [2.45, 2.75) is 46.8 Å². The van der Waals surface area contributed by atoms with Crippen molar-refractivity contribution in [1.82, 2.24) is 10.6 Å². The maximum atomic E-state index is 12.6. The van der Waals surface area contributed by atoms with Crippen LogP contribution in [0.2, 0.25) is 0 Å². The van der Waals surface area contributed by atoms with Gasteiger partial charge in [-0.05, 0) is 44.4 Å². The molecule has 0 saturated heterocycles. The molecule has 1 atom stereocenters. The van der Waals surface area contributed by atoms with E-state index in [1.165, 1.54) is 0 Å². The Morgan fingerprint density at radius 2 is 1.89 bits per heavy atom. The molecule has 1 heterocycles. The molecular weight excluding hydrogens is 348 g/mol. The minimum atomic E-state index is -0.639. The second kappa shape index (κ2) is 8.79. The first-order valence-electron chi connectivity index (χ1n) is 9.02. The van der Waals surface area contributed by atoms with Crippen molar-refractivity contribution < 1.29 is 23.8 Å². The highest BCUT2D eigenvalue weighted by Crippen LogP contribution is 2.35. The van der Waals surface area contributed by atoms with Crippen molar-refractivity contribution in [2.24, 2.45) is 5.92 Å². The fourth-order valence-electron chi connectivity index (χ4n) is 2.75. The number of amides is 2. The molecule has 2 N–H and O–H groups in total. The molecule has 1 aliphatic rings. The molecule has 27 heavy (non-hydrogen) atoms. The average molecular weight is 376 g/mol. The Hall–Kier alpha value is -2.70. The van der Waals surface area contributed by atoms with Crippen LogP contribution in [0.25, 0.3) is 0 Å². The Morgan fingerprint density at radius 1 is 1.19 bits per heavy atom. The van der Waals surface area contributed by atoms with Gasteiger partial charge in [-0.25, -0.2) is 9.59 Å². The Morgan fingerprint density at radius 3 is 2.48 bits per heavy atom. The molecule has 1 aromatic rings. The lowest BCUT2D eigenvalue weighted by atomic mass is 9.95. The predicted molar refractivity (Wildman–Crippen MR) is 102 cm³/mol. The summed E-state index contributed by atoms with van der Waals surface area (Å²) >= 11 is 0. The number of allylic oxidation sites excluding steroid dienone is 1. The molecule has 2 rings (SSSR count). The number of rotatable bonds is 7. The Labute approximate surface area is 160 Å². The number of ether oxygens (including phenoxy) is 3. The van der Waals surface area contributed by atoms with E-state index >= 15 is 0 Å². The molecule has 0 bridgehead atoms. The van der Waals surface area contributed by atoms with Gasteiger partial charge >= 0.3 is 12.0 Å². The zero-order valence-corrected chi connectivity index (χ0v) is 16.7. The third kappa shape index (κ3) is 5.15. The number of hydrogen-bond acceptors (Lipinski definition) is 5. The molecule has 7 heteroatoms. The summed E-state index contributed by atoms with van der Waals surface area (Å²) in [6.45, 7) is 9.77. The number of esters is 1. The van der Waals surface area contributed by atoms with E-state index < -0.39 is 12.0 Å². The molecule has 0 radical (unpaired) electrons. The Kier molecular flexibility index (Phi) is 6.71. The van der Waals surface area contributed by atoms with E-state index in [0.717, 1.165) is 0 Å². The lowest BCUT2D eigenvalue weighted by molar-refractivity contribution is -0.140. The summed E-state index contributed by atoms with van der Waals surface area (Å²) in [5.74, 6) is 0.884. The molecule has 148 valence electrons. The van der Waals surface area contributed by atoms with Gasteiger partial charge < -0.3 is 24.8 Å². The summed E-state index contributed by atoms with van der Waals surface area (Å²) in [6.07, 6.45) is -0.00736. The van der Waals surface area contributed by atoms with Gasteiger partial charge in [0.15, 0.2) is 11.5 Å². The van der Waals surface area contributed by atoms with Gasteiger partial charge in [0.2, 0.25) is 0 Å². The molecule has 1 aromatic carbocycles. The molecule has 0 fully saturated rings. The first-order chi connectivity index (χ1) is 12.7. The van der Waals surface area contributed by atoms with Crippen molar-refractivity contribution in [3.05, 3.63) is 35.0 Å².